The van der Waals surface area contributed by atoms with Crippen LogP contribution in [-0.2, 0) is 9.84 Å². The van der Waals surface area contributed by atoms with E-state index in [4.69, 9.17) is 11.6 Å². The van der Waals surface area contributed by atoms with Crippen LogP contribution < -0.4 is 10.2 Å². The number of piperazine rings is 1. The maximum atomic E-state index is 12.7. The molecule has 1 heterocycles. The third-order valence-corrected chi connectivity index (χ3v) is 6.84. The Labute approximate surface area is 183 Å². The first-order chi connectivity index (χ1) is 14.5. The predicted molar refractivity (Wildman–Crippen MR) is 113 cm³/mol. The SMILES string of the molecule is CCN1CCN(c2ccc(Cl)cc2NC(=O)c2ccc(S(=O)(=O)C(F)(F)F)cc2)CC1. The summed E-state index contributed by atoms with van der Waals surface area (Å²) >= 11 is 6.09. The number of halogens is 4. The normalized spacial score (nSPS) is 15.7. The van der Waals surface area contributed by atoms with Gasteiger partial charge in [-0.25, -0.2) is 8.42 Å². The van der Waals surface area contributed by atoms with Gasteiger partial charge in [0, 0.05) is 36.8 Å². The zero-order valence-corrected chi connectivity index (χ0v) is 18.2. The summed E-state index contributed by atoms with van der Waals surface area (Å²) in [5.74, 6) is -0.591. The molecule has 0 atom stereocenters. The maximum Gasteiger partial charge on any atom is 0.501 e. The van der Waals surface area contributed by atoms with E-state index in [1.165, 1.54) is 0 Å². The van der Waals surface area contributed by atoms with Crippen molar-refractivity contribution in [1.82, 2.24) is 4.90 Å². The lowest BCUT2D eigenvalue weighted by atomic mass is 10.1. The van der Waals surface area contributed by atoms with Crippen LogP contribution in [0.15, 0.2) is 47.4 Å². The fraction of sp³-hybridized carbons (Fsp3) is 0.350. The Morgan fingerprint density at radius 3 is 2.23 bits per heavy atom. The molecule has 11 heteroatoms. The number of carbonyl (C=O) groups is 1. The summed E-state index contributed by atoms with van der Waals surface area (Å²) in [6, 6.07) is 8.73. The van der Waals surface area contributed by atoms with E-state index in [1.54, 1.807) is 18.2 Å². The van der Waals surface area contributed by atoms with E-state index in [0.29, 0.717) is 10.7 Å². The number of nitrogens with one attached hydrogen (secondary N) is 1. The average Bonchev–Trinajstić information content (AvgIpc) is 2.73. The first-order valence-electron chi connectivity index (χ1n) is 9.52. The summed E-state index contributed by atoms with van der Waals surface area (Å²) in [6.45, 7) is 6.33. The lowest BCUT2D eigenvalue weighted by Crippen LogP contribution is -2.46. The van der Waals surface area contributed by atoms with Gasteiger partial charge in [-0.1, -0.05) is 18.5 Å². The fourth-order valence-electron chi connectivity index (χ4n) is 3.30. The number of benzene rings is 2. The molecule has 2 aromatic rings. The largest absolute Gasteiger partial charge is 0.501 e. The van der Waals surface area contributed by atoms with E-state index in [9.17, 15) is 26.4 Å². The van der Waals surface area contributed by atoms with Crippen LogP contribution in [0.4, 0.5) is 24.5 Å². The van der Waals surface area contributed by atoms with E-state index in [0.717, 1.165) is 62.7 Å². The average molecular weight is 476 g/mol. The van der Waals surface area contributed by atoms with Crippen LogP contribution in [0.2, 0.25) is 5.02 Å². The summed E-state index contributed by atoms with van der Waals surface area (Å²) in [5.41, 5.74) is -4.14. The van der Waals surface area contributed by atoms with E-state index >= 15 is 0 Å². The molecular formula is C20H21ClF3N3O3S. The van der Waals surface area contributed by atoms with Gasteiger partial charge in [0.2, 0.25) is 0 Å². The van der Waals surface area contributed by atoms with Crippen molar-refractivity contribution in [3.63, 3.8) is 0 Å². The summed E-state index contributed by atoms with van der Waals surface area (Å²) < 4.78 is 61.0. The molecule has 0 radical (unpaired) electrons. The number of alkyl halides is 3. The molecule has 0 aromatic heterocycles. The molecule has 1 amide bonds. The van der Waals surface area contributed by atoms with Crippen LogP contribution in [-0.4, -0.2) is 57.5 Å². The molecule has 0 aliphatic carbocycles. The minimum absolute atomic E-state index is 0.0165. The van der Waals surface area contributed by atoms with Gasteiger partial charge in [-0.2, -0.15) is 13.2 Å². The standard InChI is InChI=1S/C20H21ClF3N3O3S/c1-2-26-9-11-27(12-10-26)18-8-5-15(21)13-17(18)25-19(28)14-3-6-16(7-4-14)31(29,30)20(22,23)24/h3-8,13H,2,9-12H2,1H3,(H,25,28). The molecule has 1 aliphatic heterocycles. The second-order valence-corrected chi connectivity index (χ2v) is 9.39. The number of rotatable bonds is 5. The first-order valence-corrected chi connectivity index (χ1v) is 11.4. The van der Waals surface area contributed by atoms with Gasteiger partial charge in [0.15, 0.2) is 0 Å². The van der Waals surface area contributed by atoms with Gasteiger partial charge < -0.3 is 15.1 Å². The number of anilines is 2. The predicted octanol–water partition coefficient (Wildman–Crippen LogP) is 4.03. The summed E-state index contributed by atoms with van der Waals surface area (Å²) in [5, 5.41) is 3.14. The zero-order valence-electron chi connectivity index (χ0n) is 16.6. The smallest absolute Gasteiger partial charge is 0.367 e. The van der Waals surface area contributed by atoms with Crippen molar-refractivity contribution in [2.75, 3.05) is 42.9 Å². The van der Waals surface area contributed by atoms with E-state index in [-0.39, 0.29) is 5.56 Å². The molecule has 168 valence electrons. The van der Waals surface area contributed by atoms with Gasteiger partial charge in [0.1, 0.15) is 0 Å². The van der Waals surface area contributed by atoms with Gasteiger partial charge >= 0.3 is 5.51 Å². The second kappa shape index (κ2) is 9.05. The lowest BCUT2D eigenvalue weighted by molar-refractivity contribution is -0.0436. The number of sulfone groups is 1. The van der Waals surface area contributed by atoms with Gasteiger partial charge in [0.05, 0.1) is 16.3 Å². The summed E-state index contributed by atoms with van der Waals surface area (Å²) in [4.78, 5) is 16.2. The zero-order chi connectivity index (χ0) is 22.8. The molecule has 31 heavy (non-hydrogen) atoms. The number of carbonyl (C=O) groups excluding carboxylic acids is 1. The molecule has 6 nitrogen and oxygen atoms in total. The van der Waals surface area contributed by atoms with Crippen LogP contribution in [0, 0.1) is 0 Å². The molecule has 0 unspecified atom stereocenters. The minimum atomic E-state index is -5.47. The Morgan fingerprint density at radius 1 is 1.06 bits per heavy atom. The van der Waals surface area contributed by atoms with Gasteiger partial charge in [0.25, 0.3) is 15.7 Å². The van der Waals surface area contributed by atoms with E-state index in [2.05, 4.69) is 22.0 Å². The van der Waals surface area contributed by atoms with Crippen molar-refractivity contribution in [3.05, 3.63) is 53.1 Å². The molecule has 3 rings (SSSR count). The number of hydrogen-bond donors (Lipinski definition) is 1. The Bertz CT molecular complexity index is 1050. The molecule has 1 N–H and O–H groups in total. The van der Waals surface area contributed by atoms with Crippen molar-refractivity contribution in [2.24, 2.45) is 0 Å². The Balaban J connectivity index is 1.80. The van der Waals surface area contributed by atoms with Gasteiger partial charge in [-0.15, -0.1) is 0 Å². The highest BCUT2D eigenvalue weighted by Crippen LogP contribution is 2.32. The van der Waals surface area contributed by atoms with Crippen molar-refractivity contribution in [3.8, 4) is 0 Å². The monoisotopic (exact) mass is 475 g/mol. The second-order valence-electron chi connectivity index (χ2n) is 7.01. The van der Waals surface area contributed by atoms with Crippen LogP contribution in [0.3, 0.4) is 0 Å². The van der Waals surface area contributed by atoms with Crippen LogP contribution in [0.5, 0.6) is 0 Å². The molecule has 1 aliphatic rings. The highest BCUT2D eigenvalue weighted by atomic mass is 35.5. The molecule has 1 fully saturated rings. The topological polar surface area (TPSA) is 69.7 Å². The van der Waals surface area contributed by atoms with Crippen LogP contribution in [0.1, 0.15) is 17.3 Å². The van der Waals surface area contributed by atoms with Crippen molar-refractivity contribution >= 4 is 38.7 Å². The van der Waals surface area contributed by atoms with Crippen molar-refractivity contribution < 1.29 is 26.4 Å². The Hall–Kier alpha value is -2.30. The fourth-order valence-corrected chi connectivity index (χ4v) is 4.24. The Kier molecular flexibility index (Phi) is 6.82. The summed E-state index contributed by atoms with van der Waals surface area (Å²) in [7, 11) is -5.47. The highest BCUT2D eigenvalue weighted by Gasteiger charge is 2.46. The number of hydrogen-bond acceptors (Lipinski definition) is 5. The van der Waals surface area contributed by atoms with Crippen molar-refractivity contribution in [1.29, 1.82) is 0 Å². The number of likely N-dealkylation sites (N-methyl/N-ethyl adjacent to an activating group) is 1. The first kappa shape index (κ1) is 23.4. The van der Waals surface area contributed by atoms with E-state index in [1.807, 2.05) is 0 Å². The molecule has 1 saturated heterocycles. The molecule has 0 saturated carbocycles. The van der Waals surface area contributed by atoms with E-state index < -0.39 is 26.1 Å². The molecular weight excluding hydrogens is 455 g/mol. The third-order valence-electron chi connectivity index (χ3n) is 5.10. The van der Waals surface area contributed by atoms with Gasteiger partial charge in [-0.3, -0.25) is 4.79 Å². The number of nitrogens with zero attached hydrogens (tertiary/aromatic N) is 2. The molecule has 0 bridgehead atoms. The minimum Gasteiger partial charge on any atom is -0.367 e. The quantitative estimate of drug-likeness (QED) is 0.707. The number of amides is 1. The lowest BCUT2D eigenvalue weighted by Gasteiger charge is -2.36. The molecule has 2 aromatic carbocycles. The summed E-state index contributed by atoms with van der Waals surface area (Å²) in [6.07, 6.45) is 0. The van der Waals surface area contributed by atoms with Crippen LogP contribution >= 0.6 is 11.6 Å². The highest BCUT2D eigenvalue weighted by molar-refractivity contribution is 7.92. The third kappa shape index (κ3) is 5.13. The molecule has 0 spiro atoms. The maximum absolute atomic E-state index is 12.7. The Morgan fingerprint density at radius 2 is 1.68 bits per heavy atom. The van der Waals surface area contributed by atoms with Gasteiger partial charge in [-0.05, 0) is 49.0 Å². The van der Waals surface area contributed by atoms with Crippen LogP contribution in [0.25, 0.3) is 0 Å². The van der Waals surface area contributed by atoms with Crippen molar-refractivity contribution in [2.45, 2.75) is 17.3 Å².